The number of methoxy groups -OCH3 is 1. The smallest absolute Gasteiger partial charge is 0.235 e. The van der Waals surface area contributed by atoms with Crippen LogP contribution in [0, 0.1) is 5.41 Å². The van der Waals surface area contributed by atoms with Crippen molar-refractivity contribution in [1.82, 2.24) is 4.90 Å². The van der Waals surface area contributed by atoms with Crippen molar-refractivity contribution < 1.29 is 9.53 Å². The third-order valence-electron chi connectivity index (χ3n) is 3.90. The predicted molar refractivity (Wildman–Crippen MR) is 83.1 cm³/mol. The Morgan fingerprint density at radius 2 is 1.89 bits per heavy atom. The van der Waals surface area contributed by atoms with Gasteiger partial charge in [-0.15, -0.1) is 0 Å². The zero-order valence-electron chi connectivity index (χ0n) is 12.9. The summed E-state index contributed by atoms with van der Waals surface area (Å²) in [7, 11) is 1.64. The van der Waals surface area contributed by atoms with Gasteiger partial charge in [0.1, 0.15) is 0 Å². The molecule has 0 heterocycles. The Labute approximate surface area is 122 Å². The summed E-state index contributed by atoms with van der Waals surface area (Å²) < 4.78 is 5.11. The van der Waals surface area contributed by atoms with Crippen LogP contribution in [0.15, 0.2) is 0 Å². The summed E-state index contributed by atoms with van der Waals surface area (Å²) in [4.78, 5) is 15.0. The van der Waals surface area contributed by atoms with Crippen LogP contribution < -0.4 is 5.73 Å². The minimum Gasteiger partial charge on any atom is -0.392 e. The molecule has 0 saturated heterocycles. The molecule has 1 atom stereocenters. The zero-order valence-corrected chi connectivity index (χ0v) is 13.7. The lowest BCUT2D eigenvalue weighted by molar-refractivity contribution is -0.141. The zero-order chi connectivity index (χ0) is 15.1. The summed E-state index contributed by atoms with van der Waals surface area (Å²) in [6.45, 7) is 9.06. The molecule has 0 fully saturated rings. The van der Waals surface area contributed by atoms with E-state index in [1.165, 1.54) is 0 Å². The number of hydrogen-bond acceptors (Lipinski definition) is 3. The third-order valence-corrected chi connectivity index (χ3v) is 4.35. The normalized spacial score (nSPS) is 14.2. The van der Waals surface area contributed by atoms with E-state index in [4.69, 9.17) is 22.7 Å². The highest BCUT2D eigenvalue weighted by molar-refractivity contribution is 7.80. The fourth-order valence-electron chi connectivity index (χ4n) is 2.12. The van der Waals surface area contributed by atoms with E-state index in [9.17, 15) is 4.79 Å². The standard InChI is InChI=1S/C14H28N2O2S/c1-6-11(7-2)16(9-10-18-5)13(17)14(4,8-3)12(15)19/h11H,6-10H2,1-5H3,(H2,15,19). The van der Waals surface area contributed by atoms with Crippen molar-refractivity contribution >= 4 is 23.1 Å². The van der Waals surface area contributed by atoms with Crippen LogP contribution in [-0.4, -0.2) is 42.1 Å². The second kappa shape index (κ2) is 8.48. The van der Waals surface area contributed by atoms with Gasteiger partial charge in [-0.25, -0.2) is 0 Å². The molecule has 0 bridgehead atoms. The molecule has 0 aliphatic carbocycles. The molecule has 1 unspecified atom stereocenters. The first-order valence-corrected chi connectivity index (χ1v) is 7.39. The minimum atomic E-state index is -0.758. The lowest BCUT2D eigenvalue weighted by Gasteiger charge is -2.37. The van der Waals surface area contributed by atoms with E-state index in [-0.39, 0.29) is 16.9 Å². The molecule has 5 heteroatoms. The van der Waals surface area contributed by atoms with Gasteiger partial charge in [0.2, 0.25) is 5.91 Å². The first-order valence-electron chi connectivity index (χ1n) is 6.98. The molecule has 0 aromatic carbocycles. The van der Waals surface area contributed by atoms with Crippen molar-refractivity contribution in [1.29, 1.82) is 0 Å². The number of nitrogens with two attached hydrogens (primary N) is 1. The number of ether oxygens (including phenoxy) is 1. The van der Waals surface area contributed by atoms with Crippen LogP contribution in [0.25, 0.3) is 0 Å². The molecule has 0 saturated carbocycles. The molecular formula is C14H28N2O2S. The fourth-order valence-corrected chi connectivity index (χ4v) is 2.35. The number of thiocarbonyl (C=S) groups is 1. The first kappa shape index (κ1) is 18.3. The number of carbonyl (C=O) groups excluding carboxylic acids is 1. The Hall–Kier alpha value is -0.680. The molecule has 0 radical (unpaired) electrons. The highest BCUT2D eigenvalue weighted by atomic mass is 32.1. The summed E-state index contributed by atoms with van der Waals surface area (Å²) in [6.07, 6.45) is 2.46. The van der Waals surface area contributed by atoms with E-state index in [0.717, 1.165) is 12.8 Å². The van der Waals surface area contributed by atoms with Gasteiger partial charge in [0.05, 0.1) is 17.0 Å². The molecule has 19 heavy (non-hydrogen) atoms. The van der Waals surface area contributed by atoms with Crippen molar-refractivity contribution in [2.24, 2.45) is 11.1 Å². The van der Waals surface area contributed by atoms with E-state index >= 15 is 0 Å². The Morgan fingerprint density at radius 1 is 1.37 bits per heavy atom. The van der Waals surface area contributed by atoms with Gasteiger partial charge >= 0.3 is 0 Å². The topological polar surface area (TPSA) is 55.6 Å². The molecule has 0 aliphatic heterocycles. The molecule has 0 spiro atoms. The van der Waals surface area contributed by atoms with Gasteiger partial charge in [-0.05, 0) is 26.2 Å². The van der Waals surface area contributed by atoms with Crippen LogP contribution in [0.5, 0.6) is 0 Å². The van der Waals surface area contributed by atoms with Crippen molar-refractivity contribution in [3.63, 3.8) is 0 Å². The lowest BCUT2D eigenvalue weighted by Crippen LogP contribution is -2.52. The van der Waals surface area contributed by atoms with Gasteiger partial charge in [0, 0.05) is 19.7 Å². The molecule has 0 aliphatic rings. The Morgan fingerprint density at radius 3 is 2.21 bits per heavy atom. The number of rotatable bonds is 9. The summed E-state index contributed by atoms with van der Waals surface area (Å²) in [5.74, 6) is 0.0215. The van der Waals surface area contributed by atoms with Gasteiger partial charge in [-0.1, -0.05) is 33.0 Å². The van der Waals surface area contributed by atoms with Gasteiger partial charge in [0.15, 0.2) is 0 Å². The molecule has 1 amide bonds. The van der Waals surface area contributed by atoms with Gasteiger partial charge in [-0.2, -0.15) is 0 Å². The highest BCUT2D eigenvalue weighted by Crippen LogP contribution is 2.27. The van der Waals surface area contributed by atoms with Crippen LogP contribution in [-0.2, 0) is 9.53 Å². The Balaban J connectivity index is 5.23. The number of amides is 1. The fraction of sp³-hybridized carbons (Fsp3) is 0.857. The number of carbonyl (C=O) groups is 1. The molecule has 2 N–H and O–H groups in total. The van der Waals surface area contributed by atoms with Crippen molar-refractivity contribution in [2.45, 2.75) is 53.0 Å². The Kier molecular flexibility index (Phi) is 8.18. The summed E-state index contributed by atoms with van der Waals surface area (Å²) >= 11 is 5.10. The van der Waals surface area contributed by atoms with E-state index in [1.807, 2.05) is 18.7 Å². The molecule has 112 valence electrons. The van der Waals surface area contributed by atoms with Gasteiger partial charge < -0.3 is 15.4 Å². The van der Waals surface area contributed by atoms with Crippen LogP contribution in [0.3, 0.4) is 0 Å². The second-order valence-corrected chi connectivity index (χ2v) is 5.45. The molecular weight excluding hydrogens is 260 g/mol. The average Bonchev–Trinajstić information content (AvgIpc) is 2.41. The van der Waals surface area contributed by atoms with E-state index in [2.05, 4.69) is 13.8 Å². The molecule has 0 rings (SSSR count). The maximum absolute atomic E-state index is 12.8. The number of nitrogens with zero attached hydrogens (tertiary/aromatic N) is 1. The van der Waals surface area contributed by atoms with Crippen LogP contribution in [0.2, 0.25) is 0 Å². The summed E-state index contributed by atoms with van der Waals surface area (Å²) in [6, 6.07) is 0.211. The van der Waals surface area contributed by atoms with Gasteiger partial charge in [-0.3, -0.25) is 4.79 Å². The van der Waals surface area contributed by atoms with Crippen molar-refractivity contribution in [3.05, 3.63) is 0 Å². The van der Waals surface area contributed by atoms with E-state index in [1.54, 1.807) is 7.11 Å². The predicted octanol–water partition coefficient (Wildman–Crippen LogP) is 2.35. The first-order chi connectivity index (χ1) is 8.88. The van der Waals surface area contributed by atoms with Crippen molar-refractivity contribution in [3.8, 4) is 0 Å². The van der Waals surface area contributed by atoms with Crippen molar-refractivity contribution in [2.75, 3.05) is 20.3 Å². The third kappa shape index (κ3) is 4.42. The molecule has 4 nitrogen and oxygen atoms in total. The molecule has 0 aromatic rings. The highest BCUT2D eigenvalue weighted by Gasteiger charge is 2.39. The average molecular weight is 288 g/mol. The minimum absolute atomic E-state index is 0.0215. The molecule has 0 aromatic heterocycles. The Bertz CT molecular complexity index is 306. The van der Waals surface area contributed by atoms with E-state index < -0.39 is 5.41 Å². The van der Waals surface area contributed by atoms with Crippen LogP contribution in [0.1, 0.15) is 47.0 Å². The summed E-state index contributed by atoms with van der Waals surface area (Å²) in [5.41, 5.74) is 5.03. The summed E-state index contributed by atoms with van der Waals surface area (Å²) in [5, 5.41) is 0. The maximum atomic E-state index is 12.8. The van der Waals surface area contributed by atoms with E-state index in [0.29, 0.717) is 19.6 Å². The maximum Gasteiger partial charge on any atom is 0.235 e. The largest absolute Gasteiger partial charge is 0.392 e. The van der Waals surface area contributed by atoms with Crippen LogP contribution >= 0.6 is 12.2 Å². The number of hydrogen-bond donors (Lipinski definition) is 1. The second-order valence-electron chi connectivity index (χ2n) is 5.01. The monoisotopic (exact) mass is 288 g/mol. The lowest BCUT2D eigenvalue weighted by atomic mass is 9.85. The quantitative estimate of drug-likeness (QED) is 0.662. The SMILES string of the molecule is CCC(CC)N(CCOC)C(=O)C(C)(CC)C(N)=S. The van der Waals surface area contributed by atoms with Crippen LogP contribution in [0.4, 0.5) is 0 Å². The van der Waals surface area contributed by atoms with Gasteiger partial charge in [0.25, 0.3) is 0 Å².